The molecule has 0 saturated carbocycles. The molecule has 1 unspecified atom stereocenters. The van der Waals surface area contributed by atoms with Crippen molar-refractivity contribution in [1.29, 1.82) is 0 Å². The number of furan rings is 1. The van der Waals surface area contributed by atoms with Crippen LogP contribution < -0.4 is 5.56 Å². The third kappa shape index (κ3) is 3.74. The summed E-state index contributed by atoms with van der Waals surface area (Å²) in [5.74, 6) is 2.55. The molecule has 0 amide bonds. The minimum Gasteiger partial charge on any atom is -0.465 e. The van der Waals surface area contributed by atoms with Crippen molar-refractivity contribution < 1.29 is 9.52 Å². The number of thiophene rings is 1. The molecule has 3 aromatic heterocycles. The lowest BCUT2D eigenvalue weighted by molar-refractivity contribution is -0.0375. The molecule has 3 aromatic rings. The maximum absolute atomic E-state index is 13.3. The fraction of sp³-hybridized carbons (Fsp3) is 0.565. The molecule has 5 rings (SSSR count). The predicted octanol–water partition coefficient (Wildman–Crippen LogP) is 3.51. The van der Waals surface area contributed by atoms with Crippen molar-refractivity contribution in [2.24, 2.45) is 5.92 Å². The Kier molecular flexibility index (Phi) is 5.08. The molecular weight excluding hydrogens is 398 g/mol. The van der Waals surface area contributed by atoms with E-state index in [4.69, 9.17) is 4.42 Å². The average Bonchev–Trinajstić information content (AvgIpc) is 3.29. The highest BCUT2D eigenvalue weighted by molar-refractivity contribution is 7.18. The normalized spacial score (nSPS) is 21.8. The number of aromatic nitrogens is 2. The van der Waals surface area contributed by atoms with Crippen LogP contribution in [0.5, 0.6) is 0 Å². The van der Waals surface area contributed by atoms with Crippen LogP contribution in [-0.4, -0.2) is 38.2 Å². The van der Waals surface area contributed by atoms with Crippen molar-refractivity contribution >= 4 is 21.6 Å². The molecule has 1 saturated heterocycles. The van der Waals surface area contributed by atoms with Crippen molar-refractivity contribution in [2.75, 3.05) is 13.1 Å². The van der Waals surface area contributed by atoms with Gasteiger partial charge in [0, 0.05) is 18.0 Å². The number of hydrogen-bond acceptors (Lipinski definition) is 6. The van der Waals surface area contributed by atoms with Gasteiger partial charge in [-0.3, -0.25) is 14.3 Å². The van der Waals surface area contributed by atoms with E-state index in [1.807, 2.05) is 19.1 Å². The Morgan fingerprint density at radius 2 is 2.13 bits per heavy atom. The fourth-order valence-corrected chi connectivity index (χ4v) is 6.21. The largest absolute Gasteiger partial charge is 0.465 e. The van der Waals surface area contributed by atoms with Crippen LogP contribution in [0.1, 0.15) is 48.1 Å². The summed E-state index contributed by atoms with van der Waals surface area (Å²) < 4.78 is 7.32. The van der Waals surface area contributed by atoms with Gasteiger partial charge in [0.1, 0.15) is 16.4 Å². The summed E-state index contributed by atoms with van der Waals surface area (Å²) in [7, 11) is 0. The Morgan fingerprint density at radius 1 is 1.33 bits per heavy atom. The summed E-state index contributed by atoms with van der Waals surface area (Å²) in [6, 6.07) is 3.99. The molecule has 0 radical (unpaired) electrons. The van der Waals surface area contributed by atoms with E-state index < -0.39 is 5.60 Å². The number of likely N-dealkylation sites (tertiary alicyclic amines) is 1. The Labute approximate surface area is 180 Å². The van der Waals surface area contributed by atoms with Gasteiger partial charge in [0.05, 0.1) is 30.4 Å². The monoisotopic (exact) mass is 427 g/mol. The first-order valence-electron chi connectivity index (χ1n) is 10.9. The SMILES string of the molecule is Cc1ccc(CN2CCC(O)(Cn3cnc4sc5c(c4c3=O)CCC(C)C5)CC2)o1. The smallest absolute Gasteiger partial charge is 0.262 e. The first kappa shape index (κ1) is 20.0. The number of nitrogens with zero attached hydrogens (tertiary/aromatic N) is 3. The van der Waals surface area contributed by atoms with Crippen LogP contribution in [0.4, 0.5) is 0 Å². The second kappa shape index (κ2) is 7.62. The van der Waals surface area contributed by atoms with Crippen molar-refractivity contribution in [2.45, 2.75) is 64.6 Å². The van der Waals surface area contributed by atoms with Crippen molar-refractivity contribution in [3.05, 3.63) is 50.8 Å². The Balaban J connectivity index is 1.32. The number of fused-ring (bicyclic) bond motifs is 3. The molecule has 2 aliphatic rings. The lowest BCUT2D eigenvalue weighted by Gasteiger charge is -2.38. The quantitative estimate of drug-likeness (QED) is 0.690. The van der Waals surface area contributed by atoms with Gasteiger partial charge in [0.15, 0.2) is 0 Å². The zero-order valence-corrected chi connectivity index (χ0v) is 18.5. The highest BCUT2D eigenvalue weighted by Gasteiger charge is 2.34. The van der Waals surface area contributed by atoms with Crippen LogP contribution >= 0.6 is 11.3 Å². The lowest BCUT2D eigenvalue weighted by Crippen LogP contribution is -2.47. The molecule has 0 aromatic carbocycles. The van der Waals surface area contributed by atoms with Crippen LogP contribution in [-0.2, 0) is 25.9 Å². The summed E-state index contributed by atoms with van der Waals surface area (Å²) in [5.41, 5.74) is 0.337. The Hall–Kier alpha value is -1.96. The first-order valence-corrected chi connectivity index (χ1v) is 11.7. The molecular formula is C23H29N3O3S. The van der Waals surface area contributed by atoms with Crippen molar-refractivity contribution in [1.82, 2.24) is 14.5 Å². The number of rotatable bonds is 4. The summed E-state index contributed by atoms with van der Waals surface area (Å²) in [6.45, 7) is 6.86. The van der Waals surface area contributed by atoms with Gasteiger partial charge in [-0.05, 0) is 62.6 Å². The molecule has 0 spiro atoms. The molecule has 1 aliphatic carbocycles. The molecule has 1 fully saturated rings. The topological polar surface area (TPSA) is 71.5 Å². The van der Waals surface area contributed by atoms with Crippen molar-refractivity contribution in [3.8, 4) is 0 Å². The summed E-state index contributed by atoms with van der Waals surface area (Å²) in [5, 5.41) is 12.0. The van der Waals surface area contributed by atoms with E-state index in [0.29, 0.717) is 25.3 Å². The highest BCUT2D eigenvalue weighted by atomic mass is 32.1. The van der Waals surface area contributed by atoms with E-state index in [1.165, 1.54) is 10.4 Å². The van der Waals surface area contributed by atoms with Gasteiger partial charge in [0.2, 0.25) is 0 Å². The number of piperidine rings is 1. The van der Waals surface area contributed by atoms with Gasteiger partial charge in [-0.15, -0.1) is 11.3 Å². The molecule has 1 atom stereocenters. The van der Waals surface area contributed by atoms with E-state index in [-0.39, 0.29) is 5.56 Å². The molecule has 160 valence electrons. The standard InChI is InChI=1S/C23H29N3O3S/c1-15-3-6-18-19(11-15)30-21-20(18)22(27)26(14-24-21)13-23(28)7-9-25(10-8-23)12-17-5-4-16(2)29-17/h4-5,14-15,28H,3,6-13H2,1-2H3. The Morgan fingerprint density at radius 3 is 2.87 bits per heavy atom. The van der Waals surface area contributed by atoms with Gasteiger partial charge in [-0.1, -0.05) is 6.92 Å². The van der Waals surface area contributed by atoms with Gasteiger partial charge in [-0.25, -0.2) is 4.98 Å². The van der Waals surface area contributed by atoms with E-state index >= 15 is 0 Å². The number of hydrogen-bond donors (Lipinski definition) is 1. The zero-order valence-electron chi connectivity index (χ0n) is 17.7. The van der Waals surface area contributed by atoms with Gasteiger partial charge < -0.3 is 9.52 Å². The molecule has 0 bridgehead atoms. The highest BCUT2D eigenvalue weighted by Crippen LogP contribution is 2.35. The van der Waals surface area contributed by atoms with Crippen LogP contribution in [0.25, 0.3) is 10.2 Å². The second-order valence-corrected chi connectivity index (χ2v) is 10.3. The van der Waals surface area contributed by atoms with Crippen LogP contribution in [0.2, 0.25) is 0 Å². The van der Waals surface area contributed by atoms with Crippen LogP contribution in [0.15, 0.2) is 27.7 Å². The summed E-state index contributed by atoms with van der Waals surface area (Å²) in [4.78, 5) is 22.3. The second-order valence-electron chi connectivity index (χ2n) is 9.22. The Bertz CT molecular complexity index is 1120. The zero-order chi connectivity index (χ0) is 20.9. The molecule has 4 heterocycles. The third-order valence-corrected chi connectivity index (χ3v) is 7.87. The predicted molar refractivity (Wildman–Crippen MR) is 118 cm³/mol. The first-order chi connectivity index (χ1) is 14.4. The molecule has 1 N–H and O–H groups in total. The maximum atomic E-state index is 13.3. The summed E-state index contributed by atoms with van der Waals surface area (Å²) in [6.07, 6.45) is 6.04. The fourth-order valence-electron chi connectivity index (χ4n) is 4.87. The van der Waals surface area contributed by atoms with Crippen LogP contribution in [0.3, 0.4) is 0 Å². The average molecular weight is 428 g/mol. The number of aryl methyl sites for hydroxylation is 2. The van der Waals surface area contributed by atoms with Gasteiger partial charge in [0.25, 0.3) is 5.56 Å². The van der Waals surface area contributed by atoms with Crippen LogP contribution in [0, 0.1) is 12.8 Å². The van der Waals surface area contributed by atoms with Gasteiger partial charge in [-0.2, -0.15) is 0 Å². The van der Waals surface area contributed by atoms with E-state index in [2.05, 4.69) is 16.8 Å². The lowest BCUT2D eigenvalue weighted by atomic mass is 9.89. The molecule has 6 nitrogen and oxygen atoms in total. The molecule has 1 aliphatic heterocycles. The van der Waals surface area contributed by atoms with E-state index in [9.17, 15) is 9.90 Å². The van der Waals surface area contributed by atoms with E-state index in [1.54, 1.807) is 22.2 Å². The molecule has 7 heteroatoms. The minimum atomic E-state index is -0.876. The van der Waals surface area contributed by atoms with Gasteiger partial charge >= 0.3 is 0 Å². The summed E-state index contributed by atoms with van der Waals surface area (Å²) >= 11 is 1.67. The maximum Gasteiger partial charge on any atom is 0.262 e. The number of aliphatic hydroxyl groups is 1. The van der Waals surface area contributed by atoms with Crippen molar-refractivity contribution in [3.63, 3.8) is 0 Å². The molecule has 30 heavy (non-hydrogen) atoms. The van der Waals surface area contributed by atoms with E-state index in [0.717, 1.165) is 60.6 Å². The third-order valence-electron chi connectivity index (χ3n) is 6.71. The minimum absolute atomic E-state index is 0.00830.